The molecule has 2 amide bonds. The average molecular weight is 566 g/mol. The van der Waals surface area contributed by atoms with Gasteiger partial charge in [-0.1, -0.05) is 46.8 Å². The lowest BCUT2D eigenvalue weighted by Crippen LogP contribution is -2.32. The van der Waals surface area contributed by atoms with Crippen LogP contribution in [0.3, 0.4) is 0 Å². The molecular weight excluding hydrogens is 534 g/mol. The van der Waals surface area contributed by atoms with Crippen LogP contribution in [-0.2, 0) is 39.0 Å². The maximum Gasteiger partial charge on any atom is 0.251 e. The van der Waals surface area contributed by atoms with Crippen LogP contribution in [0.15, 0.2) is 73.1 Å². The van der Waals surface area contributed by atoms with Crippen LogP contribution >= 0.6 is 0 Å². The molecule has 2 atom stereocenters. The number of imidazole rings is 1. The Morgan fingerprint density at radius 3 is 1.81 bits per heavy atom. The number of H-pyrrole nitrogens is 1. The Hall–Kier alpha value is -5.33. The predicted octanol–water partition coefficient (Wildman–Crippen LogP) is 1.77. The summed E-state index contributed by atoms with van der Waals surface area (Å²) in [5, 5.41) is 22.9. The molecule has 13 nitrogen and oxygen atoms in total. The lowest BCUT2D eigenvalue weighted by molar-refractivity contribution is 0.0942. The first kappa shape index (κ1) is 26.9. The van der Waals surface area contributed by atoms with Crippen molar-refractivity contribution in [2.24, 2.45) is 11.8 Å². The number of aromatic amines is 1. The molecule has 0 aliphatic heterocycles. The summed E-state index contributed by atoms with van der Waals surface area (Å²) in [5.74, 6) is 0.464. The molecule has 0 bridgehead atoms. The zero-order valence-electron chi connectivity index (χ0n) is 22.8. The molecule has 3 heterocycles. The van der Waals surface area contributed by atoms with E-state index in [-0.39, 0.29) is 36.7 Å². The molecule has 2 aromatic carbocycles. The number of fused-ring (bicyclic) bond motifs is 1. The molecule has 1 aliphatic carbocycles. The number of hydrogen-bond donors (Lipinski definition) is 4. The van der Waals surface area contributed by atoms with Crippen LogP contribution in [-0.4, -0.2) is 51.8 Å². The van der Waals surface area contributed by atoms with Crippen molar-refractivity contribution in [1.29, 1.82) is 0 Å². The number of nitrogens with zero attached hydrogens (tertiary/aromatic N) is 7. The number of nitrogen functional groups attached to an aromatic ring is 1. The van der Waals surface area contributed by atoms with E-state index in [1.807, 2.05) is 58.2 Å². The van der Waals surface area contributed by atoms with Gasteiger partial charge in [-0.2, -0.15) is 0 Å². The SMILES string of the molecule is Nc1nc2c([nH]1)C[C@@H](Cn1cc(CNC(=O)c3ccccc3)nn1)[C@H](Cn1cc(CNC(=O)c3ccccc3)nn1)C2. The van der Waals surface area contributed by atoms with Gasteiger partial charge in [0.15, 0.2) is 5.95 Å². The molecule has 5 aromatic rings. The van der Waals surface area contributed by atoms with Gasteiger partial charge in [-0.25, -0.2) is 4.98 Å². The highest BCUT2D eigenvalue weighted by Crippen LogP contribution is 2.32. The van der Waals surface area contributed by atoms with Crippen LogP contribution in [0, 0.1) is 11.8 Å². The molecule has 0 unspecified atom stereocenters. The van der Waals surface area contributed by atoms with E-state index in [1.54, 1.807) is 24.3 Å². The van der Waals surface area contributed by atoms with Gasteiger partial charge in [0.1, 0.15) is 11.4 Å². The fourth-order valence-electron chi connectivity index (χ4n) is 5.30. The third kappa shape index (κ3) is 6.35. The summed E-state index contributed by atoms with van der Waals surface area (Å²) in [5.41, 5.74) is 10.5. The van der Waals surface area contributed by atoms with Gasteiger partial charge in [0, 0.05) is 29.9 Å². The summed E-state index contributed by atoms with van der Waals surface area (Å²) < 4.78 is 3.63. The van der Waals surface area contributed by atoms with Gasteiger partial charge in [0.05, 0.1) is 31.2 Å². The van der Waals surface area contributed by atoms with Crippen molar-refractivity contribution < 1.29 is 9.59 Å². The molecule has 1 aliphatic rings. The summed E-state index contributed by atoms with van der Waals surface area (Å²) in [6.07, 6.45) is 5.20. The zero-order valence-corrected chi connectivity index (χ0v) is 22.8. The van der Waals surface area contributed by atoms with E-state index in [9.17, 15) is 9.59 Å². The molecule has 3 aromatic heterocycles. The summed E-state index contributed by atoms with van der Waals surface area (Å²) in [7, 11) is 0. The van der Waals surface area contributed by atoms with E-state index < -0.39 is 0 Å². The normalized spacial score (nSPS) is 16.1. The van der Waals surface area contributed by atoms with Crippen molar-refractivity contribution in [2.45, 2.75) is 39.0 Å². The fourth-order valence-corrected chi connectivity index (χ4v) is 5.30. The minimum absolute atomic E-state index is 0.159. The number of nitrogens with one attached hydrogen (secondary N) is 3. The van der Waals surface area contributed by atoms with Gasteiger partial charge in [-0.15, -0.1) is 10.2 Å². The molecule has 0 saturated carbocycles. The molecule has 42 heavy (non-hydrogen) atoms. The van der Waals surface area contributed by atoms with Gasteiger partial charge in [-0.05, 0) is 48.9 Å². The van der Waals surface area contributed by atoms with Crippen molar-refractivity contribution in [3.63, 3.8) is 0 Å². The quantitative estimate of drug-likeness (QED) is 0.198. The number of carbonyl (C=O) groups is 2. The zero-order chi connectivity index (χ0) is 28.9. The number of nitrogens with two attached hydrogens (primary N) is 1. The Balaban J connectivity index is 1.09. The smallest absolute Gasteiger partial charge is 0.251 e. The highest BCUT2D eigenvalue weighted by molar-refractivity contribution is 5.94. The fraction of sp³-hybridized carbons (Fsp3) is 0.276. The Morgan fingerprint density at radius 2 is 1.29 bits per heavy atom. The minimum Gasteiger partial charge on any atom is -0.369 e. The first-order valence-electron chi connectivity index (χ1n) is 13.8. The van der Waals surface area contributed by atoms with Gasteiger partial charge in [0.2, 0.25) is 0 Å². The minimum atomic E-state index is -0.159. The van der Waals surface area contributed by atoms with Crippen LogP contribution in [0.1, 0.15) is 43.5 Å². The number of carbonyl (C=O) groups excluding carboxylic acids is 2. The van der Waals surface area contributed by atoms with Crippen LogP contribution in [0.4, 0.5) is 5.95 Å². The Bertz CT molecular complexity index is 1540. The van der Waals surface area contributed by atoms with Gasteiger partial charge >= 0.3 is 0 Å². The molecule has 0 spiro atoms. The van der Waals surface area contributed by atoms with E-state index >= 15 is 0 Å². The van der Waals surface area contributed by atoms with E-state index in [2.05, 4.69) is 41.2 Å². The standard InChI is InChI=1S/C29H31N11O2/c30-29-33-25-11-21(15-39-17-23(35-37-39)13-31-27(41)19-7-3-1-4-8-19)22(12-26(25)34-29)16-40-18-24(36-38-40)14-32-28(42)20-9-5-2-6-10-20/h1-10,17-18,21-22H,11-16H2,(H,31,41)(H,32,42)(H3,30,33,34)/t21-,22-/m0/s1. The Labute approximate surface area is 241 Å². The van der Waals surface area contributed by atoms with E-state index in [0.29, 0.717) is 41.6 Å². The monoisotopic (exact) mass is 565 g/mol. The van der Waals surface area contributed by atoms with E-state index in [0.717, 1.165) is 24.2 Å². The number of hydrogen-bond acceptors (Lipinski definition) is 8. The van der Waals surface area contributed by atoms with E-state index in [4.69, 9.17) is 5.73 Å². The van der Waals surface area contributed by atoms with Crippen molar-refractivity contribution in [1.82, 2.24) is 50.6 Å². The first-order valence-corrected chi connectivity index (χ1v) is 13.8. The van der Waals surface area contributed by atoms with Crippen LogP contribution < -0.4 is 16.4 Å². The van der Waals surface area contributed by atoms with Crippen molar-refractivity contribution in [3.8, 4) is 0 Å². The summed E-state index contributed by atoms with van der Waals surface area (Å²) in [6.45, 7) is 1.80. The maximum atomic E-state index is 12.4. The van der Waals surface area contributed by atoms with Crippen LogP contribution in [0.25, 0.3) is 0 Å². The molecule has 214 valence electrons. The number of amides is 2. The first-order chi connectivity index (χ1) is 20.5. The second kappa shape index (κ2) is 12.0. The van der Waals surface area contributed by atoms with Crippen molar-refractivity contribution in [2.75, 3.05) is 5.73 Å². The molecular formula is C29H31N11O2. The highest BCUT2D eigenvalue weighted by Gasteiger charge is 2.32. The van der Waals surface area contributed by atoms with E-state index in [1.165, 1.54) is 0 Å². The van der Waals surface area contributed by atoms with Gasteiger partial charge < -0.3 is 21.4 Å². The number of anilines is 1. The molecule has 5 N–H and O–H groups in total. The van der Waals surface area contributed by atoms with Gasteiger partial charge in [0.25, 0.3) is 11.8 Å². The van der Waals surface area contributed by atoms with Crippen molar-refractivity contribution >= 4 is 17.8 Å². The molecule has 6 rings (SSSR count). The average Bonchev–Trinajstić information content (AvgIpc) is 3.75. The summed E-state index contributed by atoms with van der Waals surface area (Å²) in [4.78, 5) is 32.5. The Kier molecular flexibility index (Phi) is 7.70. The number of rotatable bonds is 10. The molecule has 0 radical (unpaired) electrons. The lowest BCUT2D eigenvalue weighted by atomic mass is 9.79. The second-order valence-corrected chi connectivity index (χ2v) is 10.4. The van der Waals surface area contributed by atoms with Crippen molar-refractivity contribution in [3.05, 3.63) is 107 Å². The second-order valence-electron chi connectivity index (χ2n) is 10.4. The third-order valence-electron chi connectivity index (χ3n) is 7.42. The molecule has 0 fully saturated rings. The van der Waals surface area contributed by atoms with Gasteiger partial charge in [-0.3, -0.25) is 19.0 Å². The maximum absolute atomic E-state index is 12.4. The molecule has 13 heteroatoms. The molecule has 0 saturated heterocycles. The number of benzene rings is 2. The highest BCUT2D eigenvalue weighted by atomic mass is 16.2. The number of aromatic nitrogens is 8. The topological polar surface area (TPSA) is 174 Å². The Morgan fingerprint density at radius 1 is 0.786 bits per heavy atom. The largest absolute Gasteiger partial charge is 0.369 e. The summed E-state index contributed by atoms with van der Waals surface area (Å²) >= 11 is 0. The summed E-state index contributed by atoms with van der Waals surface area (Å²) in [6, 6.07) is 18.1. The third-order valence-corrected chi connectivity index (χ3v) is 7.42. The predicted molar refractivity (Wildman–Crippen MR) is 153 cm³/mol. The van der Waals surface area contributed by atoms with Crippen LogP contribution in [0.2, 0.25) is 0 Å². The lowest BCUT2D eigenvalue weighted by Gasteiger charge is -2.30. The van der Waals surface area contributed by atoms with Crippen LogP contribution in [0.5, 0.6) is 0 Å².